The Labute approximate surface area is 78.2 Å². The fraction of sp³-hybridized carbons (Fsp3) is 0.125. The lowest BCUT2D eigenvalue weighted by Crippen LogP contribution is -2.07. The summed E-state index contributed by atoms with van der Waals surface area (Å²) in [4.78, 5) is 23.4. The molecule has 74 valence electrons. The first-order chi connectivity index (χ1) is 6.65. The van der Waals surface area contributed by atoms with Gasteiger partial charge in [-0.05, 0) is 6.07 Å². The quantitative estimate of drug-likeness (QED) is 0.546. The van der Waals surface area contributed by atoms with Gasteiger partial charge in [-0.2, -0.15) is 0 Å². The average Bonchev–Trinajstić information content (AvgIpc) is 2.16. The Kier molecular flexibility index (Phi) is 3.11. The van der Waals surface area contributed by atoms with Crippen molar-refractivity contribution in [3.05, 3.63) is 45.5 Å². The number of hydrogen-bond acceptors (Lipinski definition) is 4. The summed E-state index contributed by atoms with van der Waals surface area (Å²) in [5.74, 6) is -1.22. The minimum absolute atomic E-state index is 0.125. The topological polar surface area (TPSA) is 69.4 Å². The van der Waals surface area contributed by atoms with Crippen LogP contribution in [0.2, 0.25) is 0 Å². The second kappa shape index (κ2) is 4.31. The molecule has 1 rings (SSSR count). The van der Waals surface area contributed by atoms with E-state index in [2.05, 4.69) is 4.94 Å². The largest absolute Gasteiger partial charge is 0.380 e. The van der Waals surface area contributed by atoms with Crippen molar-refractivity contribution in [2.45, 2.75) is 6.54 Å². The average molecular weight is 199 g/mol. The summed E-state index contributed by atoms with van der Waals surface area (Å²) in [5.41, 5.74) is -0.00755. The lowest BCUT2D eigenvalue weighted by atomic mass is 10.1. The van der Waals surface area contributed by atoms with Crippen LogP contribution >= 0.6 is 0 Å². The molecule has 14 heavy (non-hydrogen) atoms. The third kappa shape index (κ3) is 2.25. The van der Waals surface area contributed by atoms with Gasteiger partial charge >= 0.3 is 5.97 Å². The molecule has 0 N–H and O–H groups in total. The highest BCUT2D eigenvalue weighted by molar-refractivity contribution is 5.90. The van der Waals surface area contributed by atoms with Gasteiger partial charge in [-0.1, -0.05) is 18.2 Å². The van der Waals surface area contributed by atoms with Gasteiger partial charge in [-0.3, -0.25) is 10.1 Å². The second-order valence-corrected chi connectivity index (χ2v) is 2.51. The maximum absolute atomic E-state index is 11.6. The minimum Gasteiger partial charge on any atom is -0.264 e. The van der Waals surface area contributed by atoms with Crippen molar-refractivity contribution in [3.8, 4) is 0 Å². The summed E-state index contributed by atoms with van der Waals surface area (Å²) in [5, 5.41) is 10.2. The predicted molar refractivity (Wildman–Crippen MR) is 43.7 cm³/mol. The Hall–Kier alpha value is -1.98. The van der Waals surface area contributed by atoms with E-state index in [-0.39, 0.29) is 11.1 Å². The number of benzene rings is 1. The second-order valence-electron chi connectivity index (χ2n) is 2.51. The number of carbonyl (C=O) groups excluding carboxylic acids is 1. The standard InChI is InChI=1S/C8H6FNO4/c9-14-8(11)7-4-2-1-3-6(7)5-10(12)13/h1-4H,5H2. The molecule has 0 aliphatic heterocycles. The zero-order chi connectivity index (χ0) is 10.6. The molecule has 0 heterocycles. The third-order valence-corrected chi connectivity index (χ3v) is 1.61. The first kappa shape index (κ1) is 10.1. The van der Waals surface area contributed by atoms with Crippen molar-refractivity contribution in [1.29, 1.82) is 0 Å². The molecular formula is C8H6FNO4. The summed E-state index contributed by atoms with van der Waals surface area (Å²) in [6, 6.07) is 5.62. The molecule has 0 saturated carbocycles. The van der Waals surface area contributed by atoms with E-state index in [4.69, 9.17) is 0 Å². The van der Waals surface area contributed by atoms with Crippen LogP contribution in [-0.4, -0.2) is 10.9 Å². The van der Waals surface area contributed by atoms with Crippen LogP contribution in [0.4, 0.5) is 4.53 Å². The Morgan fingerprint density at radius 1 is 1.50 bits per heavy atom. The van der Waals surface area contributed by atoms with Crippen LogP contribution in [0.5, 0.6) is 0 Å². The first-order valence-corrected chi connectivity index (χ1v) is 3.67. The molecule has 1 aromatic carbocycles. The summed E-state index contributed by atoms with van der Waals surface area (Å²) >= 11 is 0. The molecule has 0 radical (unpaired) electrons. The Morgan fingerprint density at radius 3 is 2.71 bits per heavy atom. The van der Waals surface area contributed by atoms with Crippen LogP contribution in [0.1, 0.15) is 15.9 Å². The zero-order valence-electron chi connectivity index (χ0n) is 6.97. The molecule has 0 amide bonds. The van der Waals surface area contributed by atoms with Crippen LogP contribution < -0.4 is 0 Å². The van der Waals surface area contributed by atoms with E-state index in [1.807, 2.05) is 0 Å². The lowest BCUT2D eigenvalue weighted by molar-refractivity contribution is -0.496. The fourth-order valence-electron chi connectivity index (χ4n) is 1.04. The molecule has 5 nitrogen and oxygen atoms in total. The smallest absolute Gasteiger partial charge is 0.264 e. The summed E-state index contributed by atoms with van der Waals surface area (Å²) in [6.45, 7) is -0.536. The van der Waals surface area contributed by atoms with Gasteiger partial charge in [0.2, 0.25) is 6.54 Å². The molecule has 0 aromatic heterocycles. The van der Waals surface area contributed by atoms with Crippen LogP contribution in [0.3, 0.4) is 0 Å². The normalized spacial score (nSPS) is 9.50. The van der Waals surface area contributed by atoms with Gasteiger partial charge < -0.3 is 0 Å². The number of rotatable bonds is 3. The highest BCUT2D eigenvalue weighted by Gasteiger charge is 2.15. The van der Waals surface area contributed by atoms with E-state index in [9.17, 15) is 19.4 Å². The summed E-state index contributed by atoms with van der Waals surface area (Å²) in [7, 11) is 0. The van der Waals surface area contributed by atoms with Gasteiger partial charge in [0.1, 0.15) is 0 Å². The van der Waals surface area contributed by atoms with Crippen molar-refractivity contribution in [2.24, 2.45) is 0 Å². The van der Waals surface area contributed by atoms with E-state index >= 15 is 0 Å². The summed E-state index contributed by atoms with van der Waals surface area (Å²) in [6.07, 6.45) is 0. The molecule has 6 heteroatoms. The number of hydrogen-bond donors (Lipinski definition) is 0. The maximum atomic E-state index is 11.6. The Bertz CT molecular complexity index is 366. The summed E-state index contributed by atoms with van der Waals surface area (Å²) < 4.78 is 11.6. The van der Waals surface area contributed by atoms with Crippen molar-refractivity contribution < 1.29 is 19.2 Å². The maximum Gasteiger partial charge on any atom is 0.380 e. The highest BCUT2D eigenvalue weighted by atomic mass is 19.3. The van der Waals surface area contributed by atoms with Gasteiger partial charge in [0.15, 0.2) is 0 Å². The molecule has 1 aromatic rings. The van der Waals surface area contributed by atoms with Crippen LogP contribution in [0.15, 0.2) is 24.3 Å². The molecule has 0 aliphatic rings. The van der Waals surface area contributed by atoms with Gasteiger partial charge in [0.25, 0.3) is 0 Å². The SMILES string of the molecule is O=C(OF)c1ccccc1C[N+](=O)[O-]. The molecule has 0 spiro atoms. The number of nitro groups is 1. The highest BCUT2D eigenvalue weighted by Crippen LogP contribution is 2.11. The minimum atomic E-state index is -1.22. The first-order valence-electron chi connectivity index (χ1n) is 3.67. The molecular weight excluding hydrogens is 193 g/mol. The predicted octanol–water partition coefficient (Wildman–Crippen LogP) is 1.50. The van der Waals surface area contributed by atoms with E-state index < -0.39 is 17.4 Å². The van der Waals surface area contributed by atoms with E-state index in [0.717, 1.165) is 0 Å². The number of halogens is 1. The van der Waals surface area contributed by atoms with Crippen LogP contribution in [0, 0.1) is 10.1 Å². The molecule has 0 bridgehead atoms. The number of nitrogens with zero attached hydrogens (tertiary/aromatic N) is 1. The van der Waals surface area contributed by atoms with Gasteiger partial charge in [0.05, 0.1) is 5.56 Å². The Morgan fingerprint density at radius 2 is 2.14 bits per heavy atom. The van der Waals surface area contributed by atoms with Crippen molar-refractivity contribution >= 4 is 5.97 Å². The van der Waals surface area contributed by atoms with Crippen LogP contribution in [-0.2, 0) is 11.5 Å². The van der Waals surface area contributed by atoms with Crippen molar-refractivity contribution in [1.82, 2.24) is 0 Å². The van der Waals surface area contributed by atoms with E-state index in [0.29, 0.717) is 0 Å². The molecule has 0 aliphatic carbocycles. The monoisotopic (exact) mass is 199 g/mol. The van der Waals surface area contributed by atoms with Crippen molar-refractivity contribution in [3.63, 3.8) is 0 Å². The third-order valence-electron chi connectivity index (χ3n) is 1.61. The number of carbonyl (C=O) groups is 1. The lowest BCUT2D eigenvalue weighted by Gasteiger charge is -2.00. The molecule has 0 atom stereocenters. The van der Waals surface area contributed by atoms with Gasteiger partial charge in [-0.25, -0.2) is 9.74 Å². The zero-order valence-corrected chi connectivity index (χ0v) is 6.97. The van der Waals surface area contributed by atoms with E-state index in [1.54, 1.807) is 0 Å². The molecule has 0 fully saturated rings. The van der Waals surface area contributed by atoms with E-state index in [1.165, 1.54) is 24.3 Å². The van der Waals surface area contributed by atoms with Crippen molar-refractivity contribution in [2.75, 3.05) is 0 Å². The van der Waals surface area contributed by atoms with Gasteiger partial charge in [-0.15, -0.1) is 0 Å². The Balaban J connectivity index is 3.02. The molecule has 0 unspecified atom stereocenters. The van der Waals surface area contributed by atoms with Gasteiger partial charge in [0, 0.05) is 15.0 Å². The van der Waals surface area contributed by atoms with Crippen LogP contribution in [0.25, 0.3) is 0 Å². The molecule has 0 saturated heterocycles. The fourth-order valence-corrected chi connectivity index (χ4v) is 1.04.